The minimum Gasteiger partial charge on any atom is -0.379 e. The topological polar surface area (TPSA) is 151 Å². The van der Waals surface area contributed by atoms with Gasteiger partial charge in [0.2, 0.25) is 5.95 Å². The van der Waals surface area contributed by atoms with Crippen molar-refractivity contribution in [2.24, 2.45) is 0 Å². The van der Waals surface area contributed by atoms with Crippen molar-refractivity contribution in [1.29, 1.82) is 0 Å². The first-order valence-electron chi connectivity index (χ1n) is 12.4. The molecular weight excluding hydrogens is 511 g/mol. The highest BCUT2D eigenvalue weighted by molar-refractivity contribution is 7.03. The van der Waals surface area contributed by atoms with Crippen LogP contribution < -0.4 is 21.3 Å². The van der Waals surface area contributed by atoms with Gasteiger partial charge in [-0.2, -0.15) is 4.39 Å². The van der Waals surface area contributed by atoms with Gasteiger partial charge in [0.15, 0.2) is 17.0 Å². The highest BCUT2D eigenvalue weighted by Crippen LogP contribution is 2.30. The van der Waals surface area contributed by atoms with Gasteiger partial charge in [-0.3, -0.25) is 9.59 Å². The SMILES string of the molecule is O=C(NC1CCC(Nc2cc(NC3CC3)c3ncc(C(=O)Nc4ccnc(F)c4)n3n2)CC1)c1csnn1. The molecule has 2 aliphatic carbocycles. The molecule has 0 bridgehead atoms. The van der Waals surface area contributed by atoms with Gasteiger partial charge in [0.25, 0.3) is 11.8 Å². The maximum Gasteiger partial charge on any atom is 0.276 e. The number of nitrogens with zero attached hydrogens (tertiary/aromatic N) is 6. The molecule has 12 nitrogen and oxygen atoms in total. The van der Waals surface area contributed by atoms with Gasteiger partial charge in [-0.15, -0.1) is 10.2 Å². The number of amides is 2. The summed E-state index contributed by atoms with van der Waals surface area (Å²) in [5.74, 6) is -0.727. The number of carbonyl (C=O) groups excluding carboxylic acids is 2. The molecule has 196 valence electrons. The largest absolute Gasteiger partial charge is 0.379 e. The number of hydrogen-bond acceptors (Lipinski definition) is 10. The standard InChI is InChI=1S/C24H25FN10O2S/c25-20-9-16(7-8-26-20)31-24(37)19-11-27-22-17(28-13-1-2-13)10-21(33-35(19)22)29-14-3-5-15(6-4-14)30-23(36)18-12-38-34-32-18/h7-15,28H,1-6H2,(H,29,33)(H,30,36)(H,26,31,37). The molecule has 0 atom stereocenters. The number of fused-ring (bicyclic) bond motifs is 1. The molecule has 2 amide bonds. The number of aromatic nitrogens is 6. The molecule has 0 spiro atoms. The van der Waals surface area contributed by atoms with Crippen molar-refractivity contribution in [2.45, 2.75) is 56.7 Å². The molecule has 38 heavy (non-hydrogen) atoms. The zero-order valence-corrected chi connectivity index (χ0v) is 21.0. The average molecular weight is 537 g/mol. The summed E-state index contributed by atoms with van der Waals surface area (Å²) in [7, 11) is 0. The van der Waals surface area contributed by atoms with E-state index in [-0.39, 0.29) is 29.4 Å². The summed E-state index contributed by atoms with van der Waals surface area (Å²) in [5.41, 5.74) is 2.19. The predicted octanol–water partition coefficient (Wildman–Crippen LogP) is 3.09. The number of halogens is 1. The minimum atomic E-state index is -0.684. The van der Waals surface area contributed by atoms with Crippen LogP contribution in [-0.2, 0) is 0 Å². The van der Waals surface area contributed by atoms with Crippen LogP contribution in [0.25, 0.3) is 5.65 Å². The van der Waals surface area contributed by atoms with Crippen LogP contribution in [0.4, 0.5) is 21.6 Å². The summed E-state index contributed by atoms with van der Waals surface area (Å²) in [6.45, 7) is 0. The van der Waals surface area contributed by atoms with Crippen molar-refractivity contribution in [3.8, 4) is 0 Å². The molecule has 0 unspecified atom stereocenters. The number of anilines is 3. The number of pyridine rings is 1. The Morgan fingerprint density at radius 2 is 1.74 bits per heavy atom. The van der Waals surface area contributed by atoms with Gasteiger partial charge < -0.3 is 21.3 Å². The summed E-state index contributed by atoms with van der Waals surface area (Å²) >= 11 is 1.15. The lowest BCUT2D eigenvalue weighted by Gasteiger charge is -2.30. The monoisotopic (exact) mass is 536 g/mol. The Balaban J connectivity index is 1.17. The first kappa shape index (κ1) is 24.2. The van der Waals surface area contributed by atoms with E-state index < -0.39 is 11.9 Å². The first-order chi connectivity index (χ1) is 18.5. The van der Waals surface area contributed by atoms with Gasteiger partial charge in [-0.1, -0.05) is 4.49 Å². The second-order valence-corrected chi connectivity index (χ2v) is 10.1. The third-order valence-electron chi connectivity index (χ3n) is 6.63. The second-order valence-electron chi connectivity index (χ2n) is 9.52. The molecule has 2 aliphatic rings. The number of rotatable bonds is 8. The summed E-state index contributed by atoms with van der Waals surface area (Å²) in [6.07, 6.45) is 8.22. The summed E-state index contributed by atoms with van der Waals surface area (Å²) in [4.78, 5) is 33.3. The van der Waals surface area contributed by atoms with E-state index in [0.29, 0.717) is 23.2 Å². The lowest BCUT2D eigenvalue weighted by Crippen LogP contribution is -2.40. The second kappa shape index (κ2) is 10.3. The van der Waals surface area contributed by atoms with Gasteiger partial charge in [0, 0.05) is 47.5 Å². The summed E-state index contributed by atoms with van der Waals surface area (Å²) in [6, 6.07) is 5.18. The Labute approximate surface area is 220 Å². The Bertz CT molecular complexity index is 1460. The van der Waals surface area contributed by atoms with Crippen LogP contribution in [0.3, 0.4) is 0 Å². The van der Waals surface area contributed by atoms with Gasteiger partial charge in [0.1, 0.15) is 5.82 Å². The van der Waals surface area contributed by atoms with E-state index in [2.05, 4.69) is 45.9 Å². The lowest BCUT2D eigenvalue weighted by molar-refractivity contribution is 0.0920. The molecule has 4 aromatic heterocycles. The minimum absolute atomic E-state index is 0.0757. The van der Waals surface area contributed by atoms with E-state index in [1.165, 1.54) is 23.0 Å². The fourth-order valence-electron chi connectivity index (χ4n) is 4.54. The van der Waals surface area contributed by atoms with Gasteiger partial charge in [-0.25, -0.2) is 14.5 Å². The summed E-state index contributed by atoms with van der Waals surface area (Å²) in [5, 5.41) is 22.8. The first-order valence-corrected chi connectivity index (χ1v) is 13.3. The number of carbonyl (C=O) groups is 2. The molecular formula is C24H25FN10O2S. The smallest absolute Gasteiger partial charge is 0.276 e. The molecule has 2 fully saturated rings. The van der Waals surface area contributed by atoms with E-state index in [9.17, 15) is 14.0 Å². The van der Waals surface area contributed by atoms with Crippen molar-refractivity contribution in [3.05, 3.63) is 53.3 Å². The predicted molar refractivity (Wildman–Crippen MR) is 139 cm³/mol. The van der Waals surface area contributed by atoms with Crippen LogP contribution in [0, 0.1) is 5.95 Å². The van der Waals surface area contributed by atoms with Crippen LogP contribution in [0.2, 0.25) is 0 Å². The van der Waals surface area contributed by atoms with Crippen molar-refractivity contribution in [1.82, 2.24) is 34.5 Å². The molecule has 4 aromatic rings. The number of hydrogen-bond donors (Lipinski definition) is 4. The maximum absolute atomic E-state index is 13.5. The number of imidazole rings is 1. The molecule has 2 saturated carbocycles. The third kappa shape index (κ3) is 5.39. The lowest BCUT2D eigenvalue weighted by atomic mass is 9.91. The maximum atomic E-state index is 13.5. The van der Waals surface area contributed by atoms with Crippen molar-refractivity contribution in [3.63, 3.8) is 0 Å². The van der Waals surface area contributed by atoms with E-state index in [1.54, 1.807) is 5.38 Å². The van der Waals surface area contributed by atoms with Crippen molar-refractivity contribution < 1.29 is 14.0 Å². The fraction of sp³-hybridized carbons (Fsp3) is 0.375. The van der Waals surface area contributed by atoms with Gasteiger partial charge in [-0.05, 0) is 56.1 Å². The molecule has 4 N–H and O–H groups in total. The van der Waals surface area contributed by atoms with E-state index in [0.717, 1.165) is 61.8 Å². The Morgan fingerprint density at radius 1 is 0.974 bits per heavy atom. The van der Waals surface area contributed by atoms with E-state index in [1.807, 2.05) is 6.07 Å². The van der Waals surface area contributed by atoms with E-state index in [4.69, 9.17) is 0 Å². The van der Waals surface area contributed by atoms with Crippen LogP contribution in [0.5, 0.6) is 0 Å². The fourth-order valence-corrected chi connectivity index (χ4v) is 4.97. The summed E-state index contributed by atoms with van der Waals surface area (Å²) < 4.78 is 18.7. The van der Waals surface area contributed by atoms with Crippen LogP contribution in [0.1, 0.15) is 59.5 Å². The third-order valence-corrected chi connectivity index (χ3v) is 7.13. The van der Waals surface area contributed by atoms with Crippen LogP contribution in [0.15, 0.2) is 36.0 Å². The zero-order valence-electron chi connectivity index (χ0n) is 20.2. The average Bonchev–Trinajstić information content (AvgIpc) is 3.36. The van der Waals surface area contributed by atoms with Gasteiger partial charge >= 0.3 is 0 Å². The zero-order chi connectivity index (χ0) is 26.1. The van der Waals surface area contributed by atoms with Crippen molar-refractivity contribution >= 4 is 46.2 Å². The Hall–Kier alpha value is -4.20. The number of nitrogens with one attached hydrogen (secondary N) is 4. The van der Waals surface area contributed by atoms with Gasteiger partial charge in [0.05, 0.1) is 11.9 Å². The molecule has 14 heteroatoms. The quantitative estimate of drug-likeness (QED) is 0.249. The Morgan fingerprint density at radius 3 is 2.47 bits per heavy atom. The Kier molecular flexibility index (Phi) is 6.54. The molecule has 6 rings (SSSR count). The van der Waals surface area contributed by atoms with Crippen LogP contribution >= 0.6 is 11.5 Å². The molecule has 0 radical (unpaired) electrons. The molecule has 0 aromatic carbocycles. The van der Waals surface area contributed by atoms with Crippen molar-refractivity contribution in [2.75, 3.05) is 16.0 Å². The normalized spacial score (nSPS) is 19.2. The molecule has 0 saturated heterocycles. The van der Waals surface area contributed by atoms with E-state index >= 15 is 0 Å². The van der Waals surface area contributed by atoms with Crippen LogP contribution in [-0.4, -0.2) is 59.1 Å². The highest BCUT2D eigenvalue weighted by Gasteiger charge is 2.26. The molecule has 0 aliphatic heterocycles. The highest BCUT2D eigenvalue weighted by atomic mass is 32.1. The molecule has 4 heterocycles.